The second kappa shape index (κ2) is 8.87. The molecule has 2 aliphatic rings. The maximum absolute atomic E-state index is 12.9. The molecule has 2 heterocycles. The van der Waals surface area contributed by atoms with Gasteiger partial charge in [-0.25, -0.2) is 14.8 Å². The molecule has 0 saturated carbocycles. The highest BCUT2D eigenvalue weighted by Gasteiger charge is 2.56. The molecule has 0 saturated heterocycles. The van der Waals surface area contributed by atoms with E-state index in [0.717, 1.165) is 34.0 Å². The Morgan fingerprint density at radius 2 is 1.56 bits per heavy atom. The summed E-state index contributed by atoms with van der Waals surface area (Å²) in [6.45, 7) is 4.05. The third-order valence-electron chi connectivity index (χ3n) is 5.69. The molecular weight excluding hydrogens is 448 g/mol. The summed E-state index contributed by atoms with van der Waals surface area (Å²) in [4.78, 5) is 11.9. The predicted octanol–water partition coefficient (Wildman–Crippen LogP) is 5.18. The van der Waals surface area contributed by atoms with Crippen molar-refractivity contribution >= 4 is 39.9 Å². The number of ether oxygens (including phenoxy) is 2. The molecule has 0 N–H and O–H groups in total. The number of anilines is 2. The van der Waals surface area contributed by atoms with Crippen LogP contribution in [-0.2, 0) is 14.5 Å². The van der Waals surface area contributed by atoms with Gasteiger partial charge in [0.05, 0.1) is 30.8 Å². The Kier molecular flexibility index (Phi) is 5.75. The molecule has 172 valence electrons. The number of hydrogen-bond donors (Lipinski definition) is 0. The molecule has 0 aliphatic carbocycles. The van der Waals surface area contributed by atoms with Crippen LogP contribution in [-0.4, -0.2) is 30.4 Å². The van der Waals surface area contributed by atoms with E-state index in [1.165, 1.54) is 11.8 Å². The van der Waals surface area contributed by atoms with Crippen LogP contribution < -0.4 is 14.8 Å². The van der Waals surface area contributed by atoms with Crippen LogP contribution in [0.2, 0.25) is 0 Å². The van der Waals surface area contributed by atoms with Gasteiger partial charge in [0.1, 0.15) is 5.75 Å². The molecule has 7 nitrogen and oxygen atoms in total. The standard InChI is InChI=1S/C26H24N4O3S/c1-4-33-25(31)24-28-30(20-14-16-21(32-3)17-15-20)26(34-24)23-13-9-8-12-22(23)18(2)27-29(26)19-10-6-5-7-11-19/h5-17H,4H2,1-3H3. The molecule has 1 spiro atoms. The van der Waals surface area contributed by atoms with E-state index in [1.54, 1.807) is 14.0 Å². The van der Waals surface area contributed by atoms with E-state index >= 15 is 0 Å². The van der Waals surface area contributed by atoms with Crippen LogP contribution in [0.25, 0.3) is 0 Å². The number of carbonyl (C=O) groups excluding carboxylic acids is 1. The number of thioether (sulfide) groups is 1. The molecule has 0 amide bonds. The average molecular weight is 473 g/mol. The van der Waals surface area contributed by atoms with Gasteiger partial charge in [-0.2, -0.15) is 10.2 Å². The quantitative estimate of drug-likeness (QED) is 0.477. The highest BCUT2D eigenvalue weighted by molar-refractivity contribution is 8.16. The number of fused-ring (bicyclic) bond motifs is 2. The van der Waals surface area contributed by atoms with Gasteiger partial charge in [0.25, 0.3) is 0 Å². The van der Waals surface area contributed by atoms with E-state index in [1.807, 2.05) is 89.7 Å². The fourth-order valence-electron chi connectivity index (χ4n) is 4.16. The zero-order valence-electron chi connectivity index (χ0n) is 19.1. The highest BCUT2D eigenvalue weighted by atomic mass is 32.2. The Morgan fingerprint density at radius 1 is 0.912 bits per heavy atom. The van der Waals surface area contributed by atoms with Crippen LogP contribution in [0.3, 0.4) is 0 Å². The Balaban J connectivity index is 1.76. The minimum absolute atomic E-state index is 0.267. The molecule has 3 aromatic carbocycles. The van der Waals surface area contributed by atoms with Gasteiger partial charge in [-0.15, -0.1) is 0 Å². The number of methoxy groups -OCH3 is 1. The Labute approximate surface area is 202 Å². The Morgan fingerprint density at radius 3 is 2.26 bits per heavy atom. The number of benzene rings is 3. The van der Waals surface area contributed by atoms with Crippen LogP contribution in [0.4, 0.5) is 11.4 Å². The monoisotopic (exact) mass is 472 g/mol. The lowest BCUT2D eigenvalue weighted by Crippen LogP contribution is -2.53. The van der Waals surface area contributed by atoms with Gasteiger partial charge in [-0.05, 0) is 62.0 Å². The Bertz CT molecular complexity index is 1280. The van der Waals surface area contributed by atoms with Crippen molar-refractivity contribution in [3.63, 3.8) is 0 Å². The first-order valence-corrected chi connectivity index (χ1v) is 11.8. The van der Waals surface area contributed by atoms with Gasteiger partial charge in [0, 0.05) is 11.1 Å². The number of hydrogen-bond acceptors (Lipinski definition) is 8. The third-order valence-corrected chi connectivity index (χ3v) is 6.98. The van der Waals surface area contributed by atoms with Crippen LogP contribution in [0.5, 0.6) is 5.75 Å². The minimum atomic E-state index is -0.978. The molecule has 1 atom stereocenters. The number of nitrogens with zero attached hydrogens (tertiary/aromatic N) is 4. The van der Waals surface area contributed by atoms with Gasteiger partial charge >= 0.3 is 5.97 Å². The van der Waals surface area contributed by atoms with Gasteiger partial charge in [0.2, 0.25) is 10.0 Å². The SMILES string of the molecule is CCOC(=O)C1=NN(c2ccc(OC)cc2)C2(S1)c1ccccc1C(C)=NN2c1ccccc1. The van der Waals surface area contributed by atoms with Crippen LogP contribution in [0, 0.1) is 0 Å². The molecule has 8 heteroatoms. The second-order valence-electron chi connectivity index (χ2n) is 7.72. The summed E-state index contributed by atoms with van der Waals surface area (Å²) < 4.78 is 10.7. The maximum atomic E-state index is 12.9. The molecule has 1 unspecified atom stereocenters. The number of para-hydroxylation sites is 1. The maximum Gasteiger partial charge on any atom is 0.365 e. The van der Waals surface area contributed by atoms with Gasteiger partial charge in [0.15, 0.2) is 0 Å². The molecule has 3 aromatic rings. The molecule has 34 heavy (non-hydrogen) atoms. The first kappa shape index (κ1) is 22.0. The lowest BCUT2D eigenvalue weighted by Gasteiger charge is -2.46. The summed E-state index contributed by atoms with van der Waals surface area (Å²) in [5, 5.41) is 13.9. The number of carbonyl (C=O) groups is 1. The summed E-state index contributed by atoms with van der Waals surface area (Å²) in [5.41, 5.74) is 4.53. The fraction of sp³-hybridized carbons (Fsp3) is 0.192. The van der Waals surface area contributed by atoms with E-state index < -0.39 is 11.0 Å². The van der Waals surface area contributed by atoms with Crippen LogP contribution in [0.15, 0.2) is 89.1 Å². The molecule has 2 aliphatic heterocycles. The second-order valence-corrected chi connectivity index (χ2v) is 8.88. The highest BCUT2D eigenvalue weighted by Crippen LogP contribution is 2.54. The smallest absolute Gasteiger partial charge is 0.365 e. The first-order chi connectivity index (χ1) is 16.6. The zero-order valence-corrected chi connectivity index (χ0v) is 20.0. The first-order valence-electron chi connectivity index (χ1n) is 11.0. The number of hydrazone groups is 2. The van der Waals surface area contributed by atoms with Crippen molar-refractivity contribution < 1.29 is 14.3 Å². The summed E-state index contributed by atoms with van der Waals surface area (Å²) in [6, 6.07) is 25.6. The molecule has 0 bridgehead atoms. The van der Waals surface area contributed by atoms with Crippen LogP contribution >= 0.6 is 11.8 Å². The average Bonchev–Trinajstić information content (AvgIpc) is 3.28. The number of esters is 1. The molecule has 5 rings (SSSR count). The lowest BCUT2D eigenvalue weighted by atomic mass is 9.98. The van der Waals surface area contributed by atoms with Crippen molar-refractivity contribution in [3.05, 3.63) is 90.0 Å². The van der Waals surface area contributed by atoms with E-state index in [0.29, 0.717) is 0 Å². The van der Waals surface area contributed by atoms with Crippen molar-refractivity contribution in [1.29, 1.82) is 0 Å². The summed E-state index contributed by atoms with van der Waals surface area (Å²) in [6.07, 6.45) is 0. The summed E-state index contributed by atoms with van der Waals surface area (Å²) in [7, 11) is 1.63. The largest absolute Gasteiger partial charge is 0.497 e. The van der Waals surface area contributed by atoms with Crippen molar-refractivity contribution in [3.8, 4) is 5.75 Å². The fourth-order valence-corrected chi connectivity index (χ4v) is 5.45. The molecule has 0 fully saturated rings. The summed E-state index contributed by atoms with van der Waals surface area (Å²) >= 11 is 1.33. The van der Waals surface area contributed by atoms with Crippen molar-refractivity contribution in [2.75, 3.05) is 23.7 Å². The minimum Gasteiger partial charge on any atom is -0.497 e. The normalized spacial score (nSPS) is 18.9. The topological polar surface area (TPSA) is 66.7 Å². The van der Waals surface area contributed by atoms with Gasteiger partial charge < -0.3 is 9.47 Å². The Hall–Kier alpha value is -3.78. The van der Waals surface area contributed by atoms with Crippen molar-refractivity contribution in [2.45, 2.75) is 18.8 Å². The van der Waals surface area contributed by atoms with E-state index in [9.17, 15) is 4.79 Å². The predicted molar refractivity (Wildman–Crippen MR) is 136 cm³/mol. The van der Waals surface area contributed by atoms with E-state index in [-0.39, 0.29) is 11.7 Å². The van der Waals surface area contributed by atoms with Crippen molar-refractivity contribution in [1.82, 2.24) is 0 Å². The lowest BCUT2D eigenvalue weighted by molar-refractivity contribution is -0.134. The van der Waals surface area contributed by atoms with Crippen molar-refractivity contribution in [2.24, 2.45) is 10.2 Å². The van der Waals surface area contributed by atoms with E-state index in [4.69, 9.17) is 19.7 Å². The molecule has 0 radical (unpaired) electrons. The van der Waals surface area contributed by atoms with E-state index in [2.05, 4.69) is 6.07 Å². The zero-order chi connectivity index (χ0) is 23.7. The molecule has 0 aromatic heterocycles. The third kappa shape index (κ3) is 3.51. The number of rotatable bonds is 5. The van der Waals surface area contributed by atoms with Gasteiger partial charge in [-0.3, -0.25) is 0 Å². The molecular formula is C26H24N4O3S. The van der Waals surface area contributed by atoms with Gasteiger partial charge in [-0.1, -0.05) is 42.5 Å². The summed E-state index contributed by atoms with van der Waals surface area (Å²) in [5.74, 6) is 0.275. The van der Waals surface area contributed by atoms with Crippen LogP contribution in [0.1, 0.15) is 25.0 Å².